The van der Waals surface area contributed by atoms with Crippen molar-refractivity contribution in [3.8, 4) is 0 Å². The molecular formula is C15H21BrN4O2. The summed E-state index contributed by atoms with van der Waals surface area (Å²) in [5, 5.41) is 12.0. The molecule has 0 aliphatic rings. The van der Waals surface area contributed by atoms with Crippen molar-refractivity contribution in [1.29, 1.82) is 0 Å². The molecule has 0 saturated carbocycles. The number of hydrogen-bond acceptors (Lipinski definition) is 4. The van der Waals surface area contributed by atoms with Gasteiger partial charge in [0.15, 0.2) is 0 Å². The molecule has 2 heterocycles. The summed E-state index contributed by atoms with van der Waals surface area (Å²) in [6.07, 6.45) is 0.800. The zero-order valence-electron chi connectivity index (χ0n) is 13.1. The summed E-state index contributed by atoms with van der Waals surface area (Å²) in [5.41, 5.74) is 4.41. The molecule has 1 unspecified atom stereocenters. The van der Waals surface area contributed by atoms with Crippen molar-refractivity contribution >= 4 is 33.3 Å². The van der Waals surface area contributed by atoms with Crippen LogP contribution in [0.4, 0.5) is 5.82 Å². The van der Waals surface area contributed by atoms with Gasteiger partial charge in [0.25, 0.3) is 5.91 Å². The maximum Gasteiger partial charge on any atom is 0.265 e. The summed E-state index contributed by atoms with van der Waals surface area (Å²) in [5.74, 6) is 0.743. The summed E-state index contributed by atoms with van der Waals surface area (Å²) < 4.78 is 2.96. The van der Waals surface area contributed by atoms with Gasteiger partial charge in [0.1, 0.15) is 17.5 Å². The summed E-state index contributed by atoms with van der Waals surface area (Å²) in [6, 6.07) is 3.32. The molecule has 2 aromatic heterocycles. The van der Waals surface area contributed by atoms with Crippen LogP contribution in [0.2, 0.25) is 0 Å². The van der Waals surface area contributed by atoms with Crippen LogP contribution in [0.5, 0.6) is 0 Å². The first kappa shape index (κ1) is 16.8. The molecule has 1 amide bonds. The Morgan fingerprint density at radius 2 is 2.09 bits per heavy atom. The molecule has 3 N–H and O–H groups in total. The molecule has 120 valence electrons. The molecule has 0 saturated heterocycles. The molecule has 22 heavy (non-hydrogen) atoms. The number of imidazole rings is 1. The Balaban J connectivity index is 2.56. The highest BCUT2D eigenvalue weighted by Crippen LogP contribution is 2.27. The first-order valence-corrected chi connectivity index (χ1v) is 8.01. The minimum atomic E-state index is -0.575. The second kappa shape index (κ2) is 6.66. The second-order valence-corrected chi connectivity index (χ2v) is 6.66. The number of amides is 1. The number of fused-ring (bicyclic) bond motifs is 1. The molecule has 7 heteroatoms. The fourth-order valence-corrected chi connectivity index (χ4v) is 2.67. The molecule has 2 aromatic rings. The van der Waals surface area contributed by atoms with E-state index in [9.17, 15) is 4.79 Å². The summed E-state index contributed by atoms with van der Waals surface area (Å²) in [4.78, 5) is 16.3. The maximum atomic E-state index is 11.6. The molecule has 6 nitrogen and oxygen atoms in total. The lowest BCUT2D eigenvalue weighted by molar-refractivity contribution is -0.129. The van der Waals surface area contributed by atoms with Gasteiger partial charge in [-0.1, -0.05) is 13.8 Å². The predicted octanol–water partition coefficient (Wildman–Crippen LogP) is 2.91. The minimum absolute atomic E-state index is 0.441. The van der Waals surface area contributed by atoms with Crippen molar-refractivity contribution < 1.29 is 10.0 Å². The van der Waals surface area contributed by atoms with Crippen LogP contribution in [-0.2, 0) is 11.2 Å². The Morgan fingerprint density at radius 1 is 1.41 bits per heavy atom. The second-order valence-electron chi connectivity index (χ2n) is 5.81. The van der Waals surface area contributed by atoms with Gasteiger partial charge >= 0.3 is 0 Å². The number of halogens is 1. The number of anilines is 1. The molecule has 0 radical (unpaired) electrons. The van der Waals surface area contributed by atoms with Gasteiger partial charge in [0.05, 0.1) is 5.69 Å². The highest BCUT2D eigenvalue weighted by Gasteiger charge is 2.20. The van der Waals surface area contributed by atoms with Crippen LogP contribution in [0.1, 0.15) is 32.2 Å². The summed E-state index contributed by atoms with van der Waals surface area (Å²) >= 11 is 3.52. The molecule has 0 aliphatic heterocycles. The number of nitrogens with zero attached hydrogens (tertiary/aromatic N) is 2. The van der Waals surface area contributed by atoms with Crippen molar-refractivity contribution in [1.82, 2.24) is 14.9 Å². The first-order chi connectivity index (χ1) is 10.3. The van der Waals surface area contributed by atoms with E-state index < -0.39 is 11.9 Å². The molecule has 2 rings (SSSR count). The molecule has 0 aromatic carbocycles. The highest BCUT2D eigenvalue weighted by atomic mass is 79.9. The monoisotopic (exact) mass is 368 g/mol. The Kier molecular flexibility index (Phi) is 5.08. The van der Waals surface area contributed by atoms with Crippen LogP contribution in [0.25, 0.3) is 5.65 Å². The van der Waals surface area contributed by atoms with Crippen molar-refractivity contribution in [2.45, 2.75) is 40.2 Å². The first-order valence-electron chi connectivity index (χ1n) is 7.22. The molecule has 0 fully saturated rings. The van der Waals surface area contributed by atoms with E-state index in [2.05, 4.69) is 40.1 Å². The number of hydroxylamine groups is 1. The van der Waals surface area contributed by atoms with Crippen LogP contribution in [0.3, 0.4) is 0 Å². The van der Waals surface area contributed by atoms with Gasteiger partial charge in [-0.2, -0.15) is 0 Å². The number of carbonyl (C=O) groups excluding carboxylic acids is 1. The minimum Gasteiger partial charge on any atom is -0.358 e. The van der Waals surface area contributed by atoms with E-state index >= 15 is 0 Å². The molecule has 1 atom stereocenters. The zero-order chi connectivity index (χ0) is 16.4. The third-order valence-electron chi connectivity index (χ3n) is 3.49. The van der Waals surface area contributed by atoms with Crippen LogP contribution in [0, 0.1) is 12.8 Å². The normalized spacial score (nSPS) is 12.7. The number of nitrogens with one attached hydrogen (secondary N) is 2. The fraction of sp³-hybridized carbons (Fsp3) is 0.467. The van der Waals surface area contributed by atoms with Gasteiger partial charge in [-0.15, -0.1) is 0 Å². The molecule has 0 spiro atoms. The molecular weight excluding hydrogens is 348 g/mol. The Hall–Kier alpha value is -1.60. The zero-order valence-corrected chi connectivity index (χ0v) is 14.7. The van der Waals surface area contributed by atoms with E-state index in [0.29, 0.717) is 5.92 Å². The van der Waals surface area contributed by atoms with Gasteiger partial charge in [-0.25, -0.2) is 10.5 Å². The fourth-order valence-electron chi connectivity index (χ4n) is 2.36. The van der Waals surface area contributed by atoms with Gasteiger partial charge in [0, 0.05) is 10.2 Å². The van der Waals surface area contributed by atoms with Crippen LogP contribution >= 0.6 is 15.9 Å². The number of carbonyl (C=O) groups is 1. The highest BCUT2D eigenvalue weighted by molar-refractivity contribution is 9.10. The Labute approximate surface area is 138 Å². The van der Waals surface area contributed by atoms with Crippen molar-refractivity contribution in [3.05, 3.63) is 28.0 Å². The van der Waals surface area contributed by atoms with Crippen molar-refractivity contribution in [2.75, 3.05) is 5.32 Å². The lowest BCUT2D eigenvalue weighted by Gasteiger charge is -2.16. The average molecular weight is 369 g/mol. The number of aromatic nitrogens is 2. The van der Waals surface area contributed by atoms with Crippen LogP contribution in [0.15, 0.2) is 16.6 Å². The maximum absolute atomic E-state index is 11.6. The smallest absolute Gasteiger partial charge is 0.265 e. The number of hydrogen-bond donors (Lipinski definition) is 3. The largest absolute Gasteiger partial charge is 0.358 e. The molecule has 0 bridgehead atoms. The lowest BCUT2D eigenvalue weighted by atomic mass is 10.1. The number of rotatable bonds is 5. The Morgan fingerprint density at radius 3 is 2.68 bits per heavy atom. The van der Waals surface area contributed by atoms with E-state index in [0.717, 1.165) is 33.7 Å². The lowest BCUT2D eigenvalue weighted by Crippen LogP contribution is -2.36. The summed E-state index contributed by atoms with van der Waals surface area (Å²) in [6.45, 7) is 7.93. The Bertz CT molecular complexity index is 696. The van der Waals surface area contributed by atoms with E-state index in [1.54, 1.807) is 12.4 Å². The van der Waals surface area contributed by atoms with E-state index in [-0.39, 0.29) is 0 Å². The topological polar surface area (TPSA) is 78.7 Å². The SMILES string of the molecule is Cc1c(Br)ccc2nc(CC(C)C)c(NC(C)C(=O)NO)n12. The van der Waals surface area contributed by atoms with E-state index in [4.69, 9.17) is 5.21 Å². The van der Waals surface area contributed by atoms with Gasteiger partial charge in [0.2, 0.25) is 0 Å². The standard InChI is InChI=1S/C15H21BrN4O2/c1-8(2)7-12-14(17-9(3)15(21)19-22)20-10(4)11(16)5-6-13(20)18-12/h5-6,8-9,17,22H,7H2,1-4H3,(H,19,21). The predicted molar refractivity (Wildman–Crippen MR) is 89.2 cm³/mol. The quantitative estimate of drug-likeness (QED) is 0.559. The van der Waals surface area contributed by atoms with Crippen LogP contribution in [-0.4, -0.2) is 26.5 Å². The summed E-state index contributed by atoms with van der Waals surface area (Å²) in [7, 11) is 0. The van der Waals surface area contributed by atoms with Crippen LogP contribution < -0.4 is 10.8 Å². The van der Waals surface area contributed by atoms with Gasteiger partial charge < -0.3 is 5.32 Å². The number of aryl methyl sites for hydroxylation is 1. The van der Waals surface area contributed by atoms with E-state index in [1.165, 1.54) is 0 Å². The van der Waals surface area contributed by atoms with Crippen molar-refractivity contribution in [3.63, 3.8) is 0 Å². The van der Waals surface area contributed by atoms with Gasteiger partial charge in [-0.05, 0) is 54.2 Å². The van der Waals surface area contributed by atoms with E-state index in [1.807, 2.05) is 23.5 Å². The average Bonchev–Trinajstić information content (AvgIpc) is 2.79. The van der Waals surface area contributed by atoms with Gasteiger partial charge in [-0.3, -0.25) is 14.4 Å². The third-order valence-corrected chi connectivity index (χ3v) is 4.33. The number of pyridine rings is 1. The third kappa shape index (κ3) is 3.25. The molecule has 0 aliphatic carbocycles. The van der Waals surface area contributed by atoms with Crippen molar-refractivity contribution in [2.24, 2.45) is 5.92 Å².